The number of rotatable bonds is 3. The van der Waals surface area contributed by atoms with Crippen molar-refractivity contribution in [2.45, 2.75) is 11.8 Å². The van der Waals surface area contributed by atoms with Crippen LogP contribution in [0.2, 0.25) is 0 Å². The second-order valence-corrected chi connectivity index (χ2v) is 5.85. The van der Waals surface area contributed by atoms with Crippen LogP contribution in [0.1, 0.15) is 16.7 Å². The van der Waals surface area contributed by atoms with E-state index in [-0.39, 0.29) is 4.90 Å². The molecule has 0 aliphatic carbocycles. The summed E-state index contributed by atoms with van der Waals surface area (Å²) in [5.74, 6) is 0. The molecule has 0 amide bonds. The number of aryl methyl sites for hydroxylation is 1. The Balaban J connectivity index is 2.35. The number of sulfonamides is 1. The summed E-state index contributed by atoms with van der Waals surface area (Å²) in [5.41, 5.74) is 1.84. The van der Waals surface area contributed by atoms with E-state index in [2.05, 4.69) is 4.40 Å². The van der Waals surface area contributed by atoms with Gasteiger partial charge in [0.2, 0.25) is 0 Å². The van der Waals surface area contributed by atoms with Crippen molar-refractivity contribution in [3.05, 3.63) is 65.2 Å². The second-order valence-electron chi connectivity index (χ2n) is 4.22. The van der Waals surface area contributed by atoms with Crippen molar-refractivity contribution in [3.63, 3.8) is 0 Å². The zero-order chi connectivity index (χ0) is 14.6. The molecule has 0 radical (unpaired) electrons. The molecule has 2 aromatic rings. The highest BCUT2D eigenvalue weighted by Crippen LogP contribution is 2.13. The highest BCUT2D eigenvalue weighted by Gasteiger charge is 2.11. The first kappa shape index (κ1) is 14.0. The number of nitriles is 1. The standard InChI is InChI=1S/C15H12N2O2S/c1-12-6-8-15(9-7-12)20(18,19)17-11-14-5-3-2-4-13(14)10-16/h2-9,11H,1H3/b17-11+. The molecule has 0 bridgehead atoms. The van der Waals surface area contributed by atoms with Gasteiger partial charge in [0.05, 0.1) is 16.5 Å². The van der Waals surface area contributed by atoms with Gasteiger partial charge in [0.1, 0.15) is 0 Å². The summed E-state index contributed by atoms with van der Waals surface area (Å²) >= 11 is 0. The number of benzene rings is 2. The first-order chi connectivity index (χ1) is 9.53. The molecule has 0 spiro atoms. The summed E-state index contributed by atoms with van der Waals surface area (Å²) in [5, 5.41) is 8.93. The lowest BCUT2D eigenvalue weighted by molar-refractivity contribution is 0.598. The molecule has 2 aromatic carbocycles. The van der Waals surface area contributed by atoms with E-state index in [9.17, 15) is 8.42 Å². The van der Waals surface area contributed by atoms with E-state index in [1.165, 1.54) is 18.3 Å². The van der Waals surface area contributed by atoms with Crippen molar-refractivity contribution in [2.24, 2.45) is 4.40 Å². The molecule has 100 valence electrons. The van der Waals surface area contributed by atoms with Crippen molar-refractivity contribution >= 4 is 16.2 Å². The third kappa shape index (κ3) is 3.11. The van der Waals surface area contributed by atoms with Gasteiger partial charge in [0, 0.05) is 11.8 Å². The molecular formula is C15H12N2O2S. The molecule has 0 saturated carbocycles. The molecule has 0 unspecified atom stereocenters. The Bertz CT molecular complexity index is 785. The Labute approximate surface area is 118 Å². The van der Waals surface area contributed by atoms with Crippen LogP contribution in [0.25, 0.3) is 0 Å². The molecule has 20 heavy (non-hydrogen) atoms. The molecule has 2 rings (SSSR count). The van der Waals surface area contributed by atoms with E-state index < -0.39 is 10.0 Å². The average molecular weight is 284 g/mol. The summed E-state index contributed by atoms with van der Waals surface area (Å²) in [7, 11) is -3.74. The van der Waals surface area contributed by atoms with Crippen molar-refractivity contribution in [1.82, 2.24) is 0 Å². The monoisotopic (exact) mass is 284 g/mol. The average Bonchev–Trinajstić information content (AvgIpc) is 2.46. The van der Waals surface area contributed by atoms with Crippen molar-refractivity contribution in [1.29, 1.82) is 5.26 Å². The summed E-state index contributed by atoms with van der Waals surface area (Å²) in [6, 6.07) is 15.1. The highest BCUT2D eigenvalue weighted by atomic mass is 32.2. The third-order valence-corrected chi connectivity index (χ3v) is 3.98. The van der Waals surface area contributed by atoms with Crippen molar-refractivity contribution in [2.75, 3.05) is 0 Å². The van der Waals surface area contributed by atoms with E-state index in [1.54, 1.807) is 36.4 Å². The van der Waals surface area contributed by atoms with Gasteiger partial charge in [-0.05, 0) is 25.1 Å². The van der Waals surface area contributed by atoms with Crippen LogP contribution in [0.3, 0.4) is 0 Å². The van der Waals surface area contributed by atoms with Crippen LogP contribution in [-0.2, 0) is 10.0 Å². The molecule has 0 fully saturated rings. The predicted molar refractivity (Wildman–Crippen MR) is 77.1 cm³/mol. The molecule has 4 nitrogen and oxygen atoms in total. The Morgan fingerprint density at radius 3 is 2.40 bits per heavy atom. The van der Waals surface area contributed by atoms with E-state index in [4.69, 9.17) is 5.26 Å². The van der Waals surface area contributed by atoms with E-state index >= 15 is 0 Å². The topological polar surface area (TPSA) is 70.3 Å². The van der Waals surface area contributed by atoms with Crippen LogP contribution < -0.4 is 0 Å². The maximum atomic E-state index is 12.0. The summed E-state index contributed by atoms with van der Waals surface area (Å²) in [6.45, 7) is 1.88. The molecule has 0 aliphatic heterocycles. The van der Waals surface area contributed by atoms with Crippen LogP contribution in [0, 0.1) is 18.3 Å². The van der Waals surface area contributed by atoms with Gasteiger partial charge in [-0.3, -0.25) is 0 Å². The zero-order valence-electron chi connectivity index (χ0n) is 10.8. The van der Waals surface area contributed by atoms with E-state index in [1.807, 2.05) is 13.0 Å². The lowest BCUT2D eigenvalue weighted by atomic mass is 10.1. The van der Waals surface area contributed by atoms with Crippen molar-refractivity contribution in [3.8, 4) is 6.07 Å². The fraction of sp³-hybridized carbons (Fsp3) is 0.0667. The second kappa shape index (κ2) is 5.68. The lowest BCUT2D eigenvalue weighted by Crippen LogP contribution is -1.98. The summed E-state index contributed by atoms with van der Waals surface area (Å²) in [6.07, 6.45) is 1.20. The normalized spacial score (nSPS) is 11.4. The van der Waals surface area contributed by atoms with Crippen molar-refractivity contribution < 1.29 is 8.42 Å². The molecule has 0 aliphatic rings. The SMILES string of the molecule is Cc1ccc(S(=O)(=O)/N=C/c2ccccc2C#N)cc1. The van der Waals surface area contributed by atoms with Crippen LogP contribution in [0.5, 0.6) is 0 Å². The summed E-state index contributed by atoms with van der Waals surface area (Å²) < 4.78 is 27.7. The smallest absolute Gasteiger partial charge is 0.199 e. The fourth-order valence-corrected chi connectivity index (χ4v) is 2.46. The van der Waals surface area contributed by atoms with Gasteiger partial charge in [-0.15, -0.1) is 0 Å². The maximum Gasteiger partial charge on any atom is 0.282 e. The van der Waals surface area contributed by atoms with Crippen LogP contribution in [-0.4, -0.2) is 14.6 Å². The minimum absolute atomic E-state index is 0.133. The first-order valence-corrected chi connectivity index (χ1v) is 7.33. The fourth-order valence-electron chi connectivity index (χ4n) is 1.61. The lowest BCUT2D eigenvalue weighted by Gasteiger charge is -2.00. The quantitative estimate of drug-likeness (QED) is 0.813. The molecule has 5 heteroatoms. The number of hydrogen-bond acceptors (Lipinski definition) is 3. The van der Waals surface area contributed by atoms with E-state index in [0.29, 0.717) is 11.1 Å². The molecular weight excluding hydrogens is 272 g/mol. The highest BCUT2D eigenvalue weighted by molar-refractivity contribution is 7.90. The van der Waals surface area contributed by atoms with Gasteiger partial charge < -0.3 is 0 Å². The Kier molecular flexibility index (Phi) is 3.97. The largest absolute Gasteiger partial charge is 0.282 e. The summed E-state index contributed by atoms with van der Waals surface area (Å²) in [4.78, 5) is 0.133. The molecule has 0 N–H and O–H groups in total. The molecule has 0 saturated heterocycles. The van der Waals surface area contributed by atoms with Gasteiger partial charge in [-0.25, -0.2) is 0 Å². The van der Waals surface area contributed by atoms with Gasteiger partial charge >= 0.3 is 0 Å². The van der Waals surface area contributed by atoms with Crippen LogP contribution in [0.4, 0.5) is 0 Å². The van der Waals surface area contributed by atoms with Crippen LogP contribution >= 0.6 is 0 Å². The number of hydrogen-bond donors (Lipinski definition) is 0. The minimum atomic E-state index is -3.74. The Morgan fingerprint density at radius 1 is 1.10 bits per heavy atom. The van der Waals surface area contributed by atoms with Gasteiger partial charge in [-0.1, -0.05) is 35.9 Å². The Morgan fingerprint density at radius 2 is 1.75 bits per heavy atom. The maximum absolute atomic E-state index is 12.0. The third-order valence-electron chi connectivity index (χ3n) is 2.73. The number of nitrogens with zero attached hydrogens (tertiary/aromatic N) is 2. The van der Waals surface area contributed by atoms with Gasteiger partial charge in [0.15, 0.2) is 0 Å². The first-order valence-electron chi connectivity index (χ1n) is 5.89. The molecule has 0 aromatic heterocycles. The predicted octanol–water partition coefficient (Wildman–Crippen LogP) is 2.67. The zero-order valence-corrected chi connectivity index (χ0v) is 11.6. The molecule has 0 heterocycles. The molecule has 0 atom stereocenters. The van der Waals surface area contributed by atoms with Gasteiger partial charge in [-0.2, -0.15) is 18.1 Å². The van der Waals surface area contributed by atoms with Crippen LogP contribution in [0.15, 0.2) is 57.8 Å². The Hall–Kier alpha value is -2.45. The van der Waals surface area contributed by atoms with E-state index in [0.717, 1.165) is 5.56 Å². The minimum Gasteiger partial charge on any atom is -0.199 e. The van der Waals surface area contributed by atoms with Gasteiger partial charge in [0.25, 0.3) is 10.0 Å².